The van der Waals surface area contributed by atoms with E-state index in [1.807, 2.05) is 29.2 Å². The maximum atomic E-state index is 12.8. The maximum Gasteiger partial charge on any atom is 0.317 e. The Morgan fingerprint density at radius 2 is 2.00 bits per heavy atom. The van der Waals surface area contributed by atoms with Gasteiger partial charge in [0.2, 0.25) is 5.91 Å². The summed E-state index contributed by atoms with van der Waals surface area (Å²) in [5.41, 5.74) is 1.14. The van der Waals surface area contributed by atoms with E-state index in [1.54, 1.807) is 7.11 Å². The molecule has 6 heteroatoms. The molecule has 2 aliphatic heterocycles. The molecule has 6 nitrogen and oxygen atoms in total. The fourth-order valence-corrected chi connectivity index (χ4v) is 4.63. The lowest BCUT2D eigenvalue weighted by molar-refractivity contribution is -0.139. The quantitative estimate of drug-likeness (QED) is 0.848. The first kappa shape index (κ1) is 19.1. The summed E-state index contributed by atoms with van der Waals surface area (Å²) >= 11 is 0. The Morgan fingerprint density at radius 3 is 2.71 bits per heavy atom. The third kappa shape index (κ3) is 4.42. The third-order valence-electron chi connectivity index (χ3n) is 6.48. The molecule has 1 N–H and O–H groups in total. The molecule has 1 unspecified atom stereocenters. The highest BCUT2D eigenvalue weighted by atomic mass is 16.5. The van der Waals surface area contributed by atoms with Gasteiger partial charge in [-0.25, -0.2) is 4.79 Å². The van der Waals surface area contributed by atoms with Crippen LogP contribution in [0.15, 0.2) is 24.3 Å². The van der Waals surface area contributed by atoms with Crippen molar-refractivity contribution in [2.75, 3.05) is 33.3 Å². The van der Waals surface area contributed by atoms with Gasteiger partial charge in [0.05, 0.1) is 7.11 Å². The van der Waals surface area contributed by atoms with Gasteiger partial charge in [-0.3, -0.25) is 4.79 Å². The van der Waals surface area contributed by atoms with E-state index in [0.717, 1.165) is 56.8 Å². The molecule has 152 valence electrons. The third-order valence-corrected chi connectivity index (χ3v) is 6.48. The van der Waals surface area contributed by atoms with Gasteiger partial charge in [-0.2, -0.15) is 0 Å². The molecule has 1 aromatic rings. The lowest BCUT2D eigenvalue weighted by atomic mass is 9.73. The zero-order valence-electron chi connectivity index (χ0n) is 16.8. The van der Waals surface area contributed by atoms with Crippen molar-refractivity contribution in [2.24, 2.45) is 11.3 Å². The van der Waals surface area contributed by atoms with Crippen LogP contribution in [0.1, 0.15) is 44.1 Å². The van der Waals surface area contributed by atoms with Gasteiger partial charge in [0, 0.05) is 44.6 Å². The van der Waals surface area contributed by atoms with Crippen LogP contribution in [-0.2, 0) is 11.3 Å². The van der Waals surface area contributed by atoms with E-state index in [1.165, 1.54) is 12.8 Å². The Balaban J connectivity index is 1.33. The fraction of sp³-hybridized carbons (Fsp3) is 0.636. The standard InChI is InChI=1S/C22H31N3O3/c1-28-19-7-5-17(6-8-19)13-23-21(27)24-12-2-10-22(15-24)11-9-20(26)25(16-22)14-18-3-4-18/h5-8,18H,2-4,9-16H2,1H3,(H,23,27). The minimum absolute atomic E-state index is 0.000496. The molecule has 2 heterocycles. The van der Waals surface area contributed by atoms with Gasteiger partial charge >= 0.3 is 6.03 Å². The molecule has 1 spiro atoms. The number of benzene rings is 1. The molecule has 28 heavy (non-hydrogen) atoms. The van der Waals surface area contributed by atoms with Crippen LogP contribution < -0.4 is 10.1 Å². The number of amides is 3. The smallest absolute Gasteiger partial charge is 0.317 e. The van der Waals surface area contributed by atoms with Gasteiger partial charge in [0.1, 0.15) is 5.75 Å². The van der Waals surface area contributed by atoms with Crippen molar-refractivity contribution in [3.63, 3.8) is 0 Å². The second-order valence-electron chi connectivity index (χ2n) is 8.75. The SMILES string of the molecule is COc1ccc(CNC(=O)N2CCCC3(CCC(=O)N(CC4CC4)C3)C2)cc1. The van der Waals surface area contributed by atoms with Crippen LogP contribution >= 0.6 is 0 Å². The Labute approximate surface area is 167 Å². The molecular weight excluding hydrogens is 354 g/mol. The lowest BCUT2D eigenvalue weighted by Crippen LogP contribution is -2.56. The predicted octanol–water partition coefficient (Wildman–Crippen LogP) is 3.02. The van der Waals surface area contributed by atoms with Crippen molar-refractivity contribution in [2.45, 2.75) is 45.1 Å². The zero-order valence-corrected chi connectivity index (χ0v) is 16.8. The summed E-state index contributed by atoms with van der Waals surface area (Å²) in [7, 11) is 1.65. The van der Waals surface area contributed by atoms with E-state index >= 15 is 0 Å². The maximum absolute atomic E-state index is 12.8. The molecular formula is C22H31N3O3. The second-order valence-corrected chi connectivity index (χ2v) is 8.75. The monoisotopic (exact) mass is 385 g/mol. The van der Waals surface area contributed by atoms with Crippen LogP contribution in [0.4, 0.5) is 4.79 Å². The number of nitrogens with zero attached hydrogens (tertiary/aromatic N) is 2. The highest BCUT2D eigenvalue weighted by molar-refractivity contribution is 5.77. The van der Waals surface area contributed by atoms with E-state index < -0.39 is 0 Å². The van der Waals surface area contributed by atoms with Gasteiger partial charge in [0.25, 0.3) is 0 Å². The molecule has 0 aromatic heterocycles. The highest BCUT2D eigenvalue weighted by Gasteiger charge is 2.43. The van der Waals surface area contributed by atoms with Crippen molar-refractivity contribution >= 4 is 11.9 Å². The molecule has 3 amide bonds. The molecule has 3 aliphatic rings. The summed E-state index contributed by atoms with van der Waals surface area (Å²) in [6, 6.07) is 7.76. The molecule has 2 saturated heterocycles. The topological polar surface area (TPSA) is 61.9 Å². The van der Waals surface area contributed by atoms with Crippen LogP contribution in [0.2, 0.25) is 0 Å². The minimum Gasteiger partial charge on any atom is -0.497 e. The summed E-state index contributed by atoms with van der Waals surface area (Å²) in [5, 5.41) is 3.06. The predicted molar refractivity (Wildman–Crippen MR) is 107 cm³/mol. The zero-order chi connectivity index (χ0) is 19.6. The number of nitrogens with one attached hydrogen (secondary N) is 1. The number of carbonyl (C=O) groups excluding carboxylic acids is 2. The Hall–Kier alpha value is -2.24. The molecule has 1 atom stereocenters. The average Bonchev–Trinajstić information content (AvgIpc) is 3.54. The van der Waals surface area contributed by atoms with Crippen LogP contribution in [-0.4, -0.2) is 55.0 Å². The normalized spacial score (nSPS) is 25.1. The van der Waals surface area contributed by atoms with Crippen molar-refractivity contribution < 1.29 is 14.3 Å². The van der Waals surface area contributed by atoms with Crippen molar-refractivity contribution in [3.8, 4) is 5.75 Å². The first-order valence-electron chi connectivity index (χ1n) is 10.5. The number of carbonyl (C=O) groups is 2. The minimum atomic E-state index is 0.000496. The van der Waals surface area contributed by atoms with E-state index in [0.29, 0.717) is 24.8 Å². The van der Waals surface area contributed by atoms with Crippen molar-refractivity contribution in [3.05, 3.63) is 29.8 Å². The number of rotatable bonds is 5. The van der Waals surface area contributed by atoms with Crippen LogP contribution in [0.3, 0.4) is 0 Å². The highest BCUT2D eigenvalue weighted by Crippen LogP contribution is 2.40. The number of hydrogen-bond acceptors (Lipinski definition) is 3. The number of urea groups is 1. The van der Waals surface area contributed by atoms with E-state index in [9.17, 15) is 9.59 Å². The number of piperidine rings is 2. The Kier molecular flexibility index (Phi) is 5.47. The van der Waals surface area contributed by atoms with Crippen molar-refractivity contribution in [1.82, 2.24) is 15.1 Å². The van der Waals surface area contributed by atoms with Gasteiger partial charge in [-0.15, -0.1) is 0 Å². The van der Waals surface area contributed by atoms with Crippen LogP contribution in [0.25, 0.3) is 0 Å². The fourth-order valence-electron chi connectivity index (χ4n) is 4.63. The van der Waals surface area contributed by atoms with Gasteiger partial charge in [0.15, 0.2) is 0 Å². The summed E-state index contributed by atoms with van der Waals surface area (Å²) in [6.07, 6.45) is 6.20. The molecule has 0 radical (unpaired) electrons. The van der Waals surface area contributed by atoms with E-state index in [4.69, 9.17) is 4.74 Å². The number of methoxy groups -OCH3 is 1. The lowest BCUT2D eigenvalue weighted by Gasteiger charge is -2.48. The second kappa shape index (κ2) is 8.02. The molecule has 1 saturated carbocycles. The van der Waals surface area contributed by atoms with Gasteiger partial charge in [-0.05, 0) is 55.7 Å². The molecule has 1 aromatic carbocycles. The van der Waals surface area contributed by atoms with Crippen LogP contribution in [0.5, 0.6) is 5.75 Å². The average molecular weight is 386 g/mol. The Bertz CT molecular complexity index is 716. The van der Waals surface area contributed by atoms with Gasteiger partial charge < -0.3 is 19.9 Å². The Morgan fingerprint density at radius 1 is 1.21 bits per heavy atom. The summed E-state index contributed by atoms with van der Waals surface area (Å²) in [6.45, 7) is 3.82. The van der Waals surface area contributed by atoms with E-state index in [2.05, 4.69) is 10.2 Å². The molecule has 1 aliphatic carbocycles. The largest absolute Gasteiger partial charge is 0.497 e. The van der Waals surface area contributed by atoms with Gasteiger partial charge in [-0.1, -0.05) is 12.1 Å². The molecule has 0 bridgehead atoms. The van der Waals surface area contributed by atoms with Crippen LogP contribution in [0, 0.1) is 11.3 Å². The summed E-state index contributed by atoms with van der Waals surface area (Å²) in [5.74, 6) is 1.83. The molecule has 3 fully saturated rings. The number of ether oxygens (including phenoxy) is 1. The molecule has 4 rings (SSSR count). The number of hydrogen-bond donors (Lipinski definition) is 1. The summed E-state index contributed by atoms with van der Waals surface area (Å²) in [4.78, 5) is 29.1. The number of likely N-dealkylation sites (tertiary alicyclic amines) is 2. The summed E-state index contributed by atoms with van der Waals surface area (Å²) < 4.78 is 5.17. The first-order valence-corrected chi connectivity index (χ1v) is 10.5. The van der Waals surface area contributed by atoms with Crippen molar-refractivity contribution in [1.29, 1.82) is 0 Å². The first-order chi connectivity index (χ1) is 13.6. The van der Waals surface area contributed by atoms with E-state index in [-0.39, 0.29) is 11.4 Å².